The maximum absolute atomic E-state index is 12.3. The zero-order valence-electron chi connectivity index (χ0n) is 11.3. The average molecular weight is 251 g/mol. The summed E-state index contributed by atoms with van der Waals surface area (Å²) in [6.07, 6.45) is 4.73. The fraction of sp³-hybridized carbons (Fsp3) is 0.692. The first-order valence-corrected chi connectivity index (χ1v) is 6.45. The Bertz CT molecular complexity index is 469. The minimum absolute atomic E-state index is 0.0472. The smallest absolute Gasteiger partial charge is 0.293 e. The number of aromatic nitrogens is 2. The fourth-order valence-corrected chi connectivity index (χ4v) is 2.24. The minimum Gasteiger partial charge on any atom is -0.390 e. The third-order valence-corrected chi connectivity index (χ3v) is 3.55. The number of rotatable bonds is 2. The van der Waals surface area contributed by atoms with E-state index >= 15 is 0 Å². The molecule has 0 spiro atoms. The van der Waals surface area contributed by atoms with Crippen molar-refractivity contribution in [1.82, 2.24) is 9.55 Å². The molecule has 2 rings (SSSR count). The summed E-state index contributed by atoms with van der Waals surface area (Å²) in [6.45, 7) is 7.15. The summed E-state index contributed by atoms with van der Waals surface area (Å²) in [5.74, 6) is 0.502. The molecule has 0 saturated carbocycles. The van der Waals surface area contributed by atoms with Gasteiger partial charge >= 0.3 is 0 Å². The van der Waals surface area contributed by atoms with Crippen LogP contribution in [0.1, 0.15) is 39.7 Å². The van der Waals surface area contributed by atoms with Gasteiger partial charge in [-0.15, -0.1) is 0 Å². The Kier molecular flexibility index (Phi) is 3.43. The summed E-state index contributed by atoms with van der Waals surface area (Å²) in [5.41, 5.74) is -0.656. The number of piperidine rings is 1. The van der Waals surface area contributed by atoms with E-state index < -0.39 is 5.60 Å². The second kappa shape index (κ2) is 4.72. The lowest BCUT2D eigenvalue weighted by molar-refractivity contribution is 0.0349. The van der Waals surface area contributed by atoms with Crippen LogP contribution in [0.25, 0.3) is 0 Å². The topological polar surface area (TPSA) is 58.4 Å². The predicted octanol–water partition coefficient (Wildman–Crippen LogP) is 1.18. The first-order chi connectivity index (χ1) is 8.41. The van der Waals surface area contributed by atoms with Crippen molar-refractivity contribution >= 4 is 5.82 Å². The van der Waals surface area contributed by atoms with Gasteiger partial charge < -0.3 is 14.6 Å². The molecule has 0 unspecified atom stereocenters. The highest BCUT2D eigenvalue weighted by Crippen LogP contribution is 2.23. The molecule has 1 aromatic heterocycles. The largest absolute Gasteiger partial charge is 0.390 e. The van der Waals surface area contributed by atoms with E-state index in [1.54, 1.807) is 17.0 Å². The van der Waals surface area contributed by atoms with Gasteiger partial charge in [-0.05, 0) is 33.6 Å². The summed E-state index contributed by atoms with van der Waals surface area (Å²) < 4.78 is 1.69. The molecule has 18 heavy (non-hydrogen) atoms. The Morgan fingerprint density at radius 2 is 2.00 bits per heavy atom. The molecule has 0 radical (unpaired) electrons. The molecule has 1 aliphatic heterocycles. The summed E-state index contributed by atoms with van der Waals surface area (Å²) in [6, 6.07) is 0.132. The van der Waals surface area contributed by atoms with Crippen LogP contribution >= 0.6 is 0 Å². The maximum Gasteiger partial charge on any atom is 0.293 e. The molecule has 2 heterocycles. The van der Waals surface area contributed by atoms with Crippen molar-refractivity contribution in [3.8, 4) is 0 Å². The molecule has 0 bridgehead atoms. The predicted molar refractivity (Wildman–Crippen MR) is 71.0 cm³/mol. The molecule has 1 saturated heterocycles. The van der Waals surface area contributed by atoms with E-state index in [-0.39, 0.29) is 11.6 Å². The number of anilines is 1. The van der Waals surface area contributed by atoms with Crippen molar-refractivity contribution in [2.75, 3.05) is 18.0 Å². The van der Waals surface area contributed by atoms with Crippen molar-refractivity contribution in [1.29, 1.82) is 0 Å². The molecule has 100 valence electrons. The first kappa shape index (κ1) is 13.1. The van der Waals surface area contributed by atoms with E-state index in [4.69, 9.17) is 0 Å². The van der Waals surface area contributed by atoms with E-state index in [1.807, 2.05) is 25.7 Å². The first-order valence-electron chi connectivity index (χ1n) is 6.45. The van der Waals surface area contributed by atoms with Crippen LogP contribution in [-0.4, -0.2) is 33.3 Å². The van der Waals surface area contributed by atoms with Gasteiger partial charge in [0.25, 0.3) is 5.56 Å². The zero-order chi connectivity index (χ0) is 13.3. The number of hydrogen-bond donors (Lipinski definition) is 1. The normalized spacial score (nSPS) is 19.3. The third kappa shape index (κ3) is 2.56. The van der Waals surface area contributed by atoms with Crippen LogP contribution in [0.5, 0.6) is 0 Å². The Morgan fingerprint density at radius 3 is 2.56 bits per heavy atom. The van der Waals surface area contributed by atoms with E-state index in [0.29, 0.717) is 31.7 Å². The molecule has 5 heteroatoms. The maximum atomic E-state index is 12.3. The van der Waals surface area contributed by atoms with E-state index in [9.17, 15) is 9.90 Å². The van der Waals surface area contributed by atoms with E-state index in [0.717, 1.165) is 0 Å². The molecule has 1 aromatic rings. The van der Waals surface area contributed by atoms with Crippen LogP contribution in [0.4, 0.5) is 5.82 Å². The van der Waals surface area contributed by atoms with Crippen LogP contribution in [-0.2, 0) is 0 Å². The van der Waals surface area contributed by atoms with Crippen molar-refractivity contribution < 1.29 is 5.11 Å². The van der Waals surface area contributed by atoms with Crippen molar-refractivity contribution in [2.45, 2.75) is 45.3 Å². The van der Waals surface area contributed by atoms with Gasteiger partial charge in [-0.25, -0.2) is 4.98 Å². The van der Waals surface area contributed by atoms with Crippen LogP contribution in [0.15, 0.2) is 17.2 Å². The highest BCUT2D eigenvalue weighted by Gasteiger charge is 2.29. The van der Waals surface area contributed by atoms with Crippen LogP contribution in [0.3, 0.4) is 0 Å². The van der Waals surface area contributed by atoms with Crippen molar-refractivity contribution in [2.24, 2.45) is 0 Å². The van der Waals surface area contributed by atoms with Gasteiger partial charge in [0.05, 0.1) is 5.60 Å². The van der Waals surface area contributed by atoms with Crippen LogP contribution in [0, 0.1) is 0 Å². The van der Waals surface area contributed by atoms with Crippen LogP contribution < -0.4 is 10.5 Å². The fourth-order valence-electron chi connectivity index (χ4n) is 2.24. The summed E-state index contributed by atoms with van der Waals surface area (Å²) >= 11 is 0. The van der Waals surface area contributed by atoms with Crippen molar-refractivity contribution in [3.05, 3.63) is 22.7 Å². The molecule has 0 atom stereocenters. The standard InChI is InChI=1S/C13H21N3O2/c1-10(2)16-9-6-14-11(12(16)17)15-7-4-13(3,18)5-8-15/h6,9-10,18H,4-5,7-8H2,1-3H3. The second-order valence-electron chi connectivity index (χ2n) is 5.54. The van der Waals surface area contributed by atoms with Gasteiger partial charge in [0.15, 0.2) is 5.82 Å². The van der Waals surface area contributed by atoms with E-state index in [2.05, 4.69) is 4.98 Å². The van der Waals surface area contributed by atoms with Gasteiger partial charge in [-0.2, -0.15) is 0 Å². The molecule has 0 amide bonds. The van der Waals surface area contributed by atoms with Gasteiger partial charge in [-0.1, -0.05) is 0 Å². The molecule has 1 fully saturated rings. The third-order valence-electron chi connectivity index (χ3n) is 3.55. The molecule has 1 N–H and O–H groups in total. The minimum atomic E-state index is -0.609. The van der Waals surface area contributed by atoms with Gasteiger partial charge in [0.2, 0.25) is 0 Å². The molecule has 5 nitrogen and oxygen atoms in total. The summed E-state index contributed by atoms with van der Waals surface area (Å²) in [4.78, 5) is 18.4. The Balaban J connectivity index is 2.25. The van der Waals surface area contributed by atoms with Gasteiger partial charge in [0.1, 0.15) is 0 Å². The second-order valence-corrected chi connectivity index (χ2v) is 5.54. The van der Waals surface area contributed by atoms with Gasteiger partial charge in [0, 0.05) is 31.5 Å². The molecule has 0 aromatic carbocycles. The van der Waals surface area contributed by atoms with Crippen LogP contribution in [0.2, 0.25) is 0 Å². The summed E-state index contributed by atoms with van der Waals surface area (Å²) in [5, 5.41) is 9.92. The number of aliphatic hydroxyl groups is 1. The lowest BCUT2D eigenvalue weighted by Crippen LogP contribution is -2.45. The molecule has 0 aliphatic carbocycles. The highest BCUT2D eigenvalue weighted by atomic mass is 16.3. The summed E-state index contributed by atoms with van der Waals surface area (Å²) in [7, 11) is 0. The highest BCUT2D eigenvalue weighted by molar-refractivity contribution is 5.36. The average Bonchev–Trinajstić information content (AvgIpc) is 2.29. The molecular formula is C13H21N3O2. The van der Waals surface area contributed by atoms with E-state index in [1.165, 1.54) is 0 Å². The monoisotopic (exact) mass is 251 g/mol. The number of hydrogen-bond acceptors (Lipinski definition) is 4. The molecule has 1 aliphatic rings. The SMILES string of the molecule is CC(C)n1ccnc(N2CCC(C)(O)CC2)c1=O. The lowest BCUT2D eigenvalue weighted by atomic mass is 9.94. The quantitative estimate of drug-likeness (QED) is 0.857. The Labute approximate surface area is 107 Å². The molecular weight excluding hydrogens is 230 g/mol. The number of nitrogens with zero attached hydrogens (tertiary/aromatic N) is 3. The van der Waals surface area contributed by atoms with Crippen molar-refractivity contribution in [3.63, 3.8) is 0 Å². The zero-order valence-corrected chi connectivity index (χ0v) is 11.3. The Morgan fingerprint density at radius 1 is 1.39 bits per heavy atom. The lowest BCUT2D eigenvalue weighted by Gasteiger charge is -2.36. The van der Waals surface area contributed by atoms with Gasteiger partial charge in [-0.3, -0.25) is 4.79 Å². The Hall–Kier alpha value is -1.36.